The molecule has 0 aromatic heterocycles. The summed E-state index contributed by atoms with van der Waals surface area (Å²) >= 11 is 0. The van der Waals surface area contributed by atoms with Crippen molar-refractivity contribution in [3.05, 3.63) is 125 Å². The van der Waals surface area contributed by atoms with Gasteiger partial charge in [0.15, 0.2) is 0 Å². The Morgan fingerprint density at radius 2 is 1.29 bits per heavy atom. The van der Waals surface area contributed by atoms with Gasteiger partial charge in [0.05, 0.1) is 6.04 Å². The Labute approximate surface area is 227 Å². The molecule has 1 saturated heterocycles. The number of piperazine rings is 1. The van der Waals surface area contributed by atoms with Crippen LogP contribution in [0.4, 0.5) is 0 Å². The van der Waals surface area contributed by atoms with E-state index in [1.165, 1.54) is 27.8 Å². The maximum Gasteiger partial charge on any atom is 0.122 e. The number of β-amino-alcohol motifs (C(OH)–C–C–N with tert-alkyl or cyclic N) is 1. The summed E-state index contributed by atoms with van der Waals surface area (Å²) in [7, 11) is 0. The number of benzene rings is 4. The monoisotopic (exact) mass is 506 g/mol. The van der Waals surface area contributed by atoms with Crippen molar-refractivity contribution in [2.45, 2.75) is 26.0 Å². The minimum atomic E-state index is -0.531. The second-order valence-electron chi connectivity index (χ2n) is 10.4. The van der Waals surface area contributed by atoms with Gasteiger partial charge in [0.1, 0.15) is 18.5 Å². The number of rotatable bonds is 9. The third kappa shape index (κ3) is 6.51. The van der Waals surface area contributed by atoms with Crippen LogP contribution < -0.4 is 4.74 Å². The van der Waals surface area contributed by atoms with E-state index in [4.69, 9.17) is 4.74 Å². The van der Waals surface area contributed by atoms with Crippen molar-refractivity contribution >= 4 is 0 Å². The molecule has 196 valence electrons. The van der Waals surface area contributed by atoms with E-state index in [-0.39, 0.29) is 6.04 Å². The van der Waals surface area contributed by atoms with Crippen LogP contribution in [-0.4, -0.2) is 60.3 Å². The van der Waals surface area contributed by atoms with Crippen LogP contribution in [0.25, 0.3) is 11.1 Å². The van der Waals surface area contributed by atoms with Gasteiger partial charge in [-0.2, -0.15) is 0 Å². The van der Waals surface area contributed by atoms with E-state index in [1.54, 1.807) is 0 Å². The summed E-state index contributed by atoms with van der Waals surface area (Å²) < 4.78 is 6.04. The molecule has 1 fully saturated rings. The van der Waals surface area contributed by atoms with E-state index >= 15 is 0 Å². The standard InChI is InChI=1S/C34H38N2O2/c1-26-13-15-28(16-14-26)31-17-18-33(27(2)23-31)38-25-32(37)24-35-19-21-36(22-20-35)34(29-9-5-3-6-10-29)30-11-7-4-8-12-30/h3-18,23,32,34,37H,19-22,24-25H2,1-2H3. The number of aliphatic hydroxyl groups excluding tert-OH is 1. The van der Waals surface area contributed by atoms with Crippen LogP contribution in [0, 0.1) is 13.8 Å². The van der Waals surface area contributed by atoms with Gasteiger partial charge in [-0.05, 0) is 53.8 Å². The maximum atomic E-state index is 10.8. The Morgan fingerprint density at radius 3 is 1.87 bits per heavy atom. The lowest BCUT2D eigenvalue weighted by Crippen LogP contribution is -2.50. The van der Waals surface area contributed by atoms with Crippen LogP contribution in [0.2, 0.25) is 0 Å². The van der Waals surface area contributed by atoms with Crippen molar-refractivity contribution < 1.29 is 9.84 Å². The first-order valence-corrected chi connectivity index (χ1v) is 13.6. The van der Waals surface area contributed by atoms with Gasteiger partial charge < -0.3 is 9.84 Å². The highest BCUT2D eigenvalue weighted by atomic mass is 16.5. The molecule has 4 aromatic carbocycles. The second-order valence-corrected chi connectivity index (χ2v) is 10.4. The van der Waals surface area contributed by atoms with E-state index in [9.17, 15) is 5.11 Å². The van der Waals surface area contributed by atoms with Gasteiger partial charge in [0.25, 0.3) is 0 Å². The van der Waals surface area contributed by atoms with Crippen LogP contribution in [0.3, 0.4) is 0 Å². The molecule has 0 aliphatic carbocycles. The van der Waals surface area contributed by atoms with Crippen LogP contribution in [0.15, 0.2) is 103 Å². The number of hydrogen-bond donors (Lipinski definition) is 1. The van der Waals surface area contributed by atoms with Crippen molar-refractivity contribution in [1.29, 1.82) is 0 Å². The van der Waals surface area contributed by atoms with Gasteiger partial charge in [-0.1, -0.05) is 96.6 Å². The molecule has 1 aliphatic heterocycles. The third-order valence-electron chi connectivity index (χ3n) is 7.46. The highest BCUT2D eigenvalue weighted by molar-refractivity contribution is 5.65. The molecule has 0 saturated carbocycles. The summed E-state index contributed by atoms with van der Waals surface area (Å²) in [6.45, 7) is 8.85. The summed E-state index contributed by atoms with van der Waals surface area (Å²) in [6.07, 6.45) is -0.531. The smallest absolute Gasteiger partial charge is 0.122 e. The van der Waals surface area contributed by atoms with E-state index in [0.717, 1.165) is 37.5 Å². The molecule has 0 amide bonds. The van der Waals surface area contributed by atoms with Gasteiger partial charge >= 0.3 is 0 Å². The molecule has 0 spiro atoms. The second kappa shape index (κ2) is 12.4. The van der Waals surface area contributed by atoms with Crippen molar-refractivity contribution in [3.63, 3.8) is 0 Å². The lowest BCUT2D eigenvalue weighted by Gasteiger charge is -2.40. The van der Waals surface area contributed by atoms with Crippen LogP contribution in [-0.2, 0) is 0 Å². The number of aliphatic hydroxyl groups is 1. The Kier molecular flexibility index (Phi) is 8.54. The molecule has 1 N–H and O–H groups in total. The lowest BCUT2D eigenvalue weighted by molar-refractivity contribution is 0.0399. The zero-order valence-corrected chi connectivity index (χ0v) is 22.5. The van der Waals surface area contributed by atoms with Crippen molar-refractivity contribution in [3.8, 4) is 16.9 Å². The van der Waals surface area contributed by atoms with E-state index in [0.29, 0.717) is 13.2 Å². The Balaban J connectivity index is 1.14. The molecule has 38 heavy (non-hydrogen) atoms. The van der Waals surface area contributed by atoms with E-state index < -0.39 is 6.10 Å². The van der Waals surface area contributed by atoms with Crippen LogP contribution in [0.1, 0.15) is 28.3 Å². The molecule has 4 aromatic rings. The molecule has 0 radical (unpaired) electrons. The fourth-order valence-electron chi connectivity index (χ4n) is 5.36. The Bertz CT molecular complexity index is 1240. The summed E-state index contributed by atoms with van der Waals surface area (Å²) in [4.78, 5) is 4.91. The van der Waals surface area contributed by atoms with Crippen molar-refractivity contribution in [2.75, 3.05) is 39.3 Å². The van der Waals surface area contributed by atoms with Crippen molar-refractivity contribution in [2.24, 2.45) is 0 Å². The Morgan fingerprint density at radius 1 is 0.711 bits per heavy atom. The highest BCUT2D eigenvalue weighted by Crippen LogP contribution is 2.30. The quantitative estimate of drug-likeness (QED) is 0.297. The molecule has 0 bridgehead atoms. The molecule has 1 heterocycles. The molecule has 1 atom stereocenters. The fourth-order valence-corrected chi connectivity index (χ4v) is 5.36. The summed E-state index contributed by atoms with van der Waals surface area (Å²) in [5, 5.41) is 10.8. The first kappa shape index (κ1) is 26.2. The van der Waals surface area contributed by atoms with Gasteiger partial charge in [-0.25, -0.2) is 0 Å². The third-order valence-corrected chi connectivity index (χ3v) is 7.46. The maximum absolute atomic E-state index is 10.8. The average Bonchev–Trinajstić information content (AvgIpc) is 2.95. The minimum absolute atomic E-state index is 0.249. The molecule has 4 heteroatoms. The number of nitrogens with zero attached hydrogens (tertiary/aromatic N) is 2. The first-order chi connectivity index (χ1) is 18.6. The SMILES string of the molecule is Cc1ccc(-c2ccc(OCC(O)CN3CCN(C(c4ccccc4)c4ccccc4)CC3)c(C)c2)cc1. The lowest BCUT2D eigenvalue weighted by atomic mass is 9.96. The van der Waals surface area contributed by atoms with Gasteiger partial charge in [-0.3, -0.25) is 9.80 Å². The largest absolute Gasteiger partial charge is 0.491 e. The summed E-state index contributed by atoms with van der Waals surface area (Å²) in [5.41, 5.74) is 7.36. The number of hydrogen-bond acceptors (Lipinski definition) is 4. The number of aryl methyl sites for hydroxylation is 2. The van der Waals surface area contributed by atoms with Gasteiger partial charge in [0.2, 0.25) is 0 Å². The zero-order valence-electron chi connectivity index (χ0n) is 22.5. The van der Waals surface area contributed by atoms with Crippen LogP contribution >= 0.6 is 0 Å². The average molecular weight is 507 g/mol. The predicted octanol–water partition coefficient (Wildman–Crippen LogP) is 6.12. The molecule has 4 nitrogen and oxygen atoms in total. The van der Waals surface area contributed by atoms with E-state index in [1.807, 2.05) is 6.07 Å². The molecule has 1 unspecified atom stereocenters. The number of ether oxygens (including phenoxy) is 1. The topological polar surface area (TPSA) is 35.9 Å². The Hall–Kier alpha value is -3.44. The first-order valence-electron chi connectivity index (χ1n) is 13.6. The van der Waals surface area contributed by atoms with Crippen molar-refractivity contribution in [1.82, 2.24) is 9.80 Å². The fraction of sp³-hybridized carbons (Fsp3) is 0.294. The van der Waals surface area contributed by atoms with E-state index in [2.05, 4.69) is 121 Å². The molecular formula is C34H38N2O2. The summed E-state index contributed by atoms with van der Waals surface area (Å²) in [5.74, 6) is 0.832. The van der Waals surface area contributed by atoms with Gasteiger partial charge in [0, 0.05) is 32.7 Å². The molecular weight excluding hydrogens is 468 g/mol. The predicted molar refractivity (Wildman–Crippen MR) is 156 cm³/mol. The minimum Gasteiger partial charge on any atom is -0.491 e. The normalized spacial score (nSPS) is 15.5. The zero-order chi connectivity index (χ0) is 26.3. The van der Waals surface area contributed by atoms with Crippen LogP contribution in [0.5, 0.6) is 5.75 Å². The summed E-state index contributed by atoms with van der Waals surface area (Å²) in [6, 6.07) is 36.6. The molecule has 5 rings (SSSR count). The molecule has 1 aliphatic rings. The van der Waals surface area contributed by atoms with Gasteiger partial charge in [-0.15, -0.1) is 0 Å². The highest BCUT2D eigenvalue weighted by Gasteiger charge is 2.27.